The zero-order valence-electron chi connectivity index (χ0n) is 18.7. The number of ether oxygens (including phenoxy) is 2. The maximum Gasteiger partial charge on any atom is 0.259 e. The summed E-state index contributed by atoms with van der Waals surface area (Å²) in [6, 6.07) is 10.5. The quantitative estimate of drug-likeness (QED) is 0.619. The molecule has 3 aromatic rings. The molecule has 9 nitrogen and oxygen atoms in total. The van der Waals surface area contributed by atoms with E-state index in [2.05, 4.69) is 20.3 Å². The Balaban J connectivity index is 1.41. The summed E-state index contributed by atoms with van der Waals surface area (Å²) in [6.07, 6.45) is 3.83. The number of pyridine rings is 1. The third-order valence-electron chi connectivity index (χ3n) is 5.62. The molecule has 2 amide bonds. The number of anilines is 1. The topological polar surface area (TPSA) is 107 Å². The Labute approximate surface area is 191 Å². The molecule has 0 bridgehead atoms. The second kappa shape index (κ2) is 9.64. The van der Waals surface area contributed by atoms with Gasteiger partial charge < -0.3 is 19.7 Å². The van der Waals surface area contributed by atoms with Gasteiger partial charge in [0, 0.05) is 43.2 Å². The van der Waals surface area contributed by atoms with Crippen LogP contribution in [0, 0.1) is 6.92 Å². The molecular formula is C24H25N5O4. The van der Waals surface area contributed by atoms with Crippen molar-refractivity contribution >= 4 is 17.5 Å². The Bertz CT molecular complexity index is 1150. The van der Waals surface area contributed by atoms with E-state index in [1.54, 1.807) is 61.5 Å². The molecule has 0 unspecified atom stereocenters. The third-order valence-corrected chi connectivity index (χ3v) is 5.62. The number of benzene rings is 1. The number of aryl methyl sites for hydroxylation is 1. The Morgan fingerprint density at radius 1 is 1.03 bits per heavy atom. The summed E-state index contributed by atoms with van der Waals surface area (Å²) in [5.74, 6) is 1.46. The van der Waals surface area contributed by atoms with E-state index in [9.17, 15) is 9.59 Å². The number of aromatic nitrogens is 3. The number of hydrogen-bond donors (Lipinski definition) is 1. The first kappa shape index (κ1) is 22.2. The van der Waals surface area contributed by atoms with Gasteiger partial charge in [-0.05, 0) is 43.7 Å². The average Bonchev–Trinajstić information content (AvgIpc) is 3.34. The van der Waals surface area contributed by atoms with Gasteiger partial charge in [0.05, 0.1) is 31.0 Å². The van der Waals surface area contributed by atoms with Crippen LogP contribution in [-0.2, 0) is 0 Å². The van der Waals surface area contributed by atoms with Crippen LogP contribution < -0.4 is 14.8 Å². The van der Waals surface area contributed by atoms with Crippen LogP contribution >= 0.6 is 0 Å². The molecule has 1 atom stereocenters. The average molecular weight is 447 g/mol. The van der Waals surface area contributed by atoms with Gasteiger partial charge in [0.15, 0.2) is 0 Å². The summed E-state index contributed by atoms with van der Waals surface area (Å²) in [5, 5.41) is 2.85. The van der Waals surface area contributed by atoms with E-state index in [0.717, 1.165) is 6.42 Å². The third kappa shape index (κ3) is 4.92. The van der Waals surface area contributed by atoms with Gasteiger partial charge in [0.25, 0.3) is 11.8 Å². The predicted octanol–water partition coefficient (Wildman–Crippen LogP) is 3.08. The number of hydrogen-bond acceptors (Lipinski definition) is 7. The van der Waals surface area contributed by atoms with Gasteiger partial charge in [0.2, 0.25) is 5.88 Å². The standard InChI is InChI=1S/C24H25N5O4/c1-15-20(23(30)28-18-5-7-19(32-2)8-6-18)13-26-22(27-15)17-10-11-29(14-17)24(31)16-4-9-21(33-3)25-12-16/h4-9,12-13,17H,10-11,14H2,1-3H3,(H,28,30)/t17-/m0/s1. The number of likely N-dealkylation sites (tertiary alicyclic amines) is 1. The van der Waals surface area contributed by atoms with E-state index in [4.69, 9.17) is 9.47 Å². The lowest BCUT2D eigenvalue weighted by Gasteiger charge is -2.16. The maximum atomic E-state index is 12.8. The second-order valence-corrected chi connectivity index (χ2v) is 7.74. The van der Waals surface area contributed by atoms with E-state index < -0.39 is 0 Å². The molecule has 1 aliphatic rings. The molecule has 1 saturated heterocycles. The molecule has 1 N–H and O–H groups in total. The number of nitrogens with one attached hydrogen (secondary N) is 1. The fraction of sp³-hybridized carbons (Fsp3) is 0.292. The summed E-state index contributed by atoms with van der Waals surface area (Å²) < 4.78 is 10.2. The minimum absolute atomic E-state index is 0.0116. The van der Waals surface area contributed by atoms with Gasteiger partial charge in [-0.15, -0.1) is 0 Å². The van der Waals surface area contributed by atoms with Gasteiger partial charge in [-0.3, -0.25) is 9.59 Å². The summed E-state index contributed by atoms with van der Waals surface area (Å²) in [6.45, 7) is 2.91. The van der Waals surface area contributed by atoms with E-state index in [-0.39, 0.29) is 17.7 Å². The van der Waals surface area contributed by atoms with E-state index in [1.807, 2.05) is 0 Å². The molecule has 1 aromatic carbocycles. The first-order valence-electron chi connectivity index (χ1n) is 10.6. The van der Waals surface area contributed by atoms with Crippen molar-refractivity contribution in [2.24, 2.45) is 0 Å². The minimum atomic E-state index is -0.278. The molecule has 0 spiro atoms. The van der Waals surface area contributed by atoms with Gasteiger partial charge in [-0.1, -0.05) is 0 Å². The molecule has 0 radical (unpaired) electrons. The highest BCUT2D eigenvalue weighted by Gasteiger charge is 2.30. The van der Waals surface area contributed by atoms with Crippen LogP contribution in [0.15, 0.2) is 48.8 Å². The number of nitrogens with zero attached hydrogens (tertiary/aromatic N) is 4. The van der Waals surface area contributed by atoms with E-state index in [1.165, 1.54) is 13.3 Å². The number of methoxy groups -OCH3 is 2. The lowest BCUT2D eigenvalue weighted by atomic mass is 10.1. The highest BCUT2D eigenvalue weighted by atomic mass is 16.5. The molecule has 2 aromatic heterocycles. The number of rotatable bonds is 6. The van der Waals surface area contributed by atoms with Crippen molar-refractivity contribution in [2.75, 3.05) is 32.6 Å². The first-order chi connectivity index (χ1) is 16.0. The predicted molar refractivity (Wildman–Crippen MR) is 122 cm³/mol. The summed E-state index contributed by atoms with van der Waals surface area (Å²) in [4.78, 5) is 40.4. The fourth-order valence-corrected chi connectivity index (χ4v) is 3.74. The molecular weight excluding hydrogens is 422 g/mol. The normalized spacial score (nSPS) is 15.2. The van der Waals surface area contributed by atoms with Crippen LogP contribution in [0.25, 0.3) is 0 Å². The Morgan fingerprint density at radius 3 is 2.45 bits per heavy atom. The largest absolute Gasteiger partial charge is 0.497 e. The summed E-state index contributed by atoms with van der Waals surface area (Å²) in [7, 11) is 3.12. The second-order valence-electron chi connectivity index (χ2n) is 7.74. The zero-order chi connectivity index (χ0) is 23.4. The molecule has 170 valence electrons. The molecule has 4 rings (SSSR count). The smallest absolute Gasteiger partial charge is 0.259 e. The molecule has 0 aliphatic carbocycles. The van der Waals surface area contributed by atoms with Gasteiger partial charge >= 0.3 is 0 Å². The van der Waals surface area contributed by atoms with Crippen LogP contribution in [0.3, 0.4) is 0 Å². The molecule has 3 heterocycles. The Morgan fingerprint density at radius 2 is 1.82 bits per heavy atom. The summed E-state index contributed by atoms with van der Waals surface area (Å²) in [5.41, 5.74) is 2.17. The van der Waals surface area contributed by atoms with Crippen molar-refractivity contribution in [2.45, 2.75) is 19.3 Å². The van der Waals surface area contributed by atoms with Gasteiger partial charge in [-0.25, -0.2) is 15.0 Å². The van der Waals surface area contributed by atoms with Crippen LogP contribution in [0.1, 0.15) is 44.6 Å². The monoisotopic (exact) mass is 447 g/mol. The molecule has 0 saturated carbocycles. The molecule has 1 fully saturated rings. The van der Waals surface area contributed by atoms with Crippen molar-refractivity contribution in [1.29, 1.82) is 0 Å². The SMILES string of the molecule is COc1ccc(NC(=O)c2cnc([C@H]3CCN(C(=O)c4ccc(OC)nc4)C3)nc2C)cc1. The van der Waals surface area contributed by atoms with Crippen molar-refractivity contribution in [3.63, 3.8) is 0 Å². The lowest BCUT2D eigenvalue weighted by molar-refractivity contribution is 0.0790. The van der Waals surface area contributed by atoms with Crippen LogP contribution in [-0.4, -0.2) is 59.0 Å². The minimum Gasteiger partial charge on any atom is -0.497 e. The maximum absolute atomic E-state index is 12.8. The summed E-state index contributed by atoms with van der Waals surface area (Å²) >= 11 is 0. The zero-order valence-corrected chi connectivity index (χ0v) is 18.7. The fourth-order valence-electron chi connectivity index (χ4n) is 3.74. The molecule has 1 aliphatic heterocycles. The lowest BCUT2D eigenvalue weighted by Crippen LogP contribution is -2.28. The number of carbonyl (C=O) groups is 2. The van der Waals surface area contributed by atoms with Gasteiger partial charge in [-0.2, -0.15) is 0 Å². The Hall–Kier alpha value is -4.01. The van der Waals surface area contributed by atoms with Crippen molar-refractivity contribution < 1.29 is 19.1 Å². The van der Waals surface area contributed by atoms with Crippen molar-refractivity contribution in [1.82, 2.24) is 19.9 Å². The first-order valence-corrected chi connectivity index (χ1v) is 10.6. The van der Waals surface area contributed by atoms with E-state index in [0.29, 0.717) is 53.1 Å². The number of carbonyl (C=O) groups excluding carboxylic acids is 2. The Kier molecular flexibility index (Phi) is 6.48. The number of amides is 2. The van der Waals surface area contributed by atoms with Crippen LogP contribution in [0.4, 0.5) is 5.69 Å². The van der Waals surface area contributed by atoms with Crippen molar-refractivity contribution in [3.8, 4) is 11.6 Å². The highest BCUT2D eigenvalue weighted by molar-refractivity contribution is 6.04. The molecule has 9 heteroatoms. The van der Waals surface area contributed by atoms with Gasteiger partial charge in [0.1, 0.15) is 11.6 Å². The van der Waals surface area contributed by atoms with Crippen molar-refractivity contribution in [3.05, 3.63) is 71.4 Å². The van der Waals surface area contributed by atoms with Crippen LogP contribution in [0.2, 0.25) is 0 Å². The van der Waals surface area contributed by atoms with E-state index >= 15 is 0 Å². The van der Waals surface area contributed by atoms with Crippen LogP contribution in [0.5, 0.6) is 11.6 Å². The molecule has 33 heavy (non-hydrogen) atoms. The highest BCUT2D eigenvalue weighted by Crippen LogP contribution is 2.27.